The zero-order valence-electron chi connectivity index (χ0n) is 9.60. The van der Waals surface area contributed by atoms with Gasteiger partial charge >= 0.3 is 0 Å². The lowest BCUT2D eigenvalue weighted by molar-refractivity contribution is 0.462. The largest absolute Gasteiger partial charge is 0.329 e. The Kier molecular flexibility index (Phi) is 6.10. The van der Waals surface area contributed by atoms with Crippen molar-refractivity contribution < 1.29 is 8.42 Å². The number of benzene rings is 1. The summed E-state index contributed by atoms with van der Waals surface area (Å²) in [5, 5.41) is 0. The predicted molar refractivity (Wildman–Crippen MR) is 74.8 cm³/mol. The standard InChI is InChI=1S/C10H15BrN2O2S.ClH/c1-10(2,7-12)13-16(14,15)9-5-3-8(11)4-6-9;/h3-6,13H,7,12H2,1-2H3;1H. The lowest BCUT2D eigenvalue weighted by Gasteiger charge is -2.23. The van der Waals surface area contributed by atoms with Crippen LogP contribution in [-0.2, 0) is 10.0 Å². The van der Waals surface area contributed by atoms with E-state index < -0.39 is 15.6 Å². The topological polar surface area (TPSA) is 72.2 Å². The van der Waals surface area contributed by atoms with E-state index in [2.05, 4.69) is 20.7 Å². The van der Waals surface area contributed by atoms with Gasteiger partial charge in [-0.05, 0) is 38.1 Å². The molecule has 0 aromatic heterocycles. The highest BCUT2D eigenvalue weighted by Gasteiger charge is 2.24. The fraction of sp³-hybridized carbons (Fsp3) is 0.400. The van der Waals surface area contributed by atoms with E-state index in [4.69, 9.17) is 5.73 Å². The molecule has 17 heavy (non-hydrogen) atoms. The van der Waals surface area contributed by atoms with Crippen LogP contribution in [0.15, 0.2) is 33.6 Å². The first-order valence-electron chi connectivity index (χ1n) is 4.76. The van der Waals surface area contributed by atoms with Crippen LogP contribution in [0.3, 0.4) is 0 Å². The van der Waals surface area contributed by atoms with Gasteiger partial charge < -0.3 is 5.73 Å². The Labute approximate surface area is 117 Å². The summed E-state index contributed by atoms with van der Waals surface area (Å²) < 4.78 is 27.3. The fourth-order valence-corrected chi connectivity index (χ4v) is 2.77. The lowest BCUT2D eigenvalue weighted by atomic mass is 10.1. The van der Waals surface area contributed by atoms with E-state index in [1.807, 2.05) is 0 Å². The molecule has 0 aliphatic carbocycles. The molecule has 4 nitrogen and oxygen atoms in total. The summed E-state index contributed by atoms with van der Waals surface area (Å²) in [5.74, 6) is 0. The van der Waals surface area contributed by atoms with Crippen LogP contribution in [-0.4, -0.2) is 20.5 Å². The average Bonchev–Trinajstić information content (AvgIpc) is 2.17. The summed E-state index contributed by atoms with van der Waals surface area (Å²) in [6.07, 6.45) is 0. The summed E-state index contributed by atoms with van der Waals surface area (Å²) in [6.45, 7) is 3.72. The van der Waals surface area contributed by atoms with Gasteiger partial charge in [0.15, 0.2) is 0 Å². The number of sulfonamides is 1. The normalized spacial score (nSPS) is 12.0. The van der Waals surface area contributed by atoms with Crippen molar-refractivity contribution >= 4 is 38.4 Å². The van der Waals surface area contributed by atoms with E-state index >= 15 is 0 Å². The van der Waals surface area contributed by atoms with E-state index in [0.29, 0.717) is 0 Å². The number of halogens is 2. The molecule has 1 aromatic carbocycles. The van der Waals surface area contributed by atoms with Gasteiger partial charge in [-0.15, -0.1) is 12.4 Å². The monoisotopic (exact) mass is 342 g/mol. The van der Waals surface area contributed by atoms with Crippen LogP contribution in [0.1, 0.15) is 13.8 Å². The quantitative estimate of drug-likeness (QED) is 0.877. The van der Waals surface area contributed by atoms with E-state index in [0.717, 1.165) is 4.47 Å². The summed E-state index contributed by atoms with van der Waals surface area (Å²) in [7, 11) is -3.50. The second kappa shape index (κ2) is 6.15. The highest BCUT2D eigenvalue weighted by atomic mass is 79.9. The lowest BCUT2D eigenvalue weighted by Crippen LogP contribution is -2.48. The maximum absolute atomic E-state index is 11.9. The molecular weight excluding hydrogens is 328 g/mol. The molecule has 0 bridgehead atoms. The highest BCUT2D eigenvalue weighted by Crippen LogP contribution is 2.16. The Hall–Kier alpha value is -0.140. The van der Waals surface area contributed by atoms with Crippen molar-refractivity contribution in [3.63, 3.8) is 0 Å². The number of rotatable bonds is 4. The van der Waals surface area contributed by atoms with Crippen LogP contribution in [0.25, 0.3) is 0 Å². The minimum Gasteiger partial charge on any atom is -0.329 e. The molecule has 98 valence electrons. The third-order valence-corrected chi connectivity index (χ3v) is 4.29. The first-order chi connectivity index (χ1) is 7.27. The highest BCUT2D eigenvalue weighted by molar-refractivity contribution is 9.10. The molecule has 0 amide bonds. The van der Waals surface area contributed by atoms with Gasteiger partial charge in [0.05, 0.1) is 4.90 Å². The van der Waals surface area contributed by atoms with Crippen LogP contribution in [0.5, 0.6) is 0 Å². The Morgan fingerprint density at radius 3 is 2.18 bits per heavy atom. The van der Waals surface area contributed by atoms with Crippen molar-refractivity contribution in [3.05, 3.63) is 28.7 Å². The van der Waals surface area contributed by atoms with Gasteiger partial charge in [0, 0.05) is 16.6 Å². The SMILES string of the molecule is CC(C)(CN)NS(=O)(=O)c1ccc(Br)cc1.Cl. The number of hydrogen-bond donors (Lipinski definition) is 2. The molecule has 7 heteroatoms. The molecule has 0 aliphatic rings. The van der Waals surface area contributed by atoms with Gasteiger partial charge in [-0.3, -0.25) is 0 Å². The maximum Gasteiger partial charge on any atom is 0.241 e. The van der Waals surface area contributed by atoms with Crippen molar-refractivity contribution in [2.24, 2.45) is 5.73 Å². The molecule has 0 atom stereocenters. The maximum atomic E-state index is 11.9. The number of nitrogens with one attached hydrogen (secondary N) is 1. The summed E-state index contributed by atoms with van der Waals surface area (Å²) in [4.78, 5) is 0.234. The van der Waals surface area contributed by atoms with Gasteiger partial charge in [0.2, 0.25) is 10.0 Å². The third-order valence-electron chi connectivity index (χ3n) is 2.04. The minimum absolute atomic E-state index is 0. The smallest absolute Gasteiger partial charge is 0.241 e. The molecule has 3 N–H and O–H groups in total. The summed E-state index contributed by atoms with van der Waals surface area (Å²) >= 11 is 3.25. The van der Waals surface area contributed by atoms with E-state index in [1.165, 1.54) is 0 Å². The first kappa shape index (κ1) is 16.9. The molecule has 0 aliphatic heterocycles. The van der Waals surface area contributed by atoms with Gasteiger partial charge in [0.25, 0.3) is 0 Å². The molecule has 0 fully saturated rings. The molecule has 0 saturated carbocycles. The molecule has 0 saturated heterocycles. The molecule has 1 aromatic rings. The summed E-state index contributed by atoms with van der Waals surface area (Å²) in [5.41, 5.74) is 4.83. The average molecular weight is 344 g/mol. The number of hydrogen-bond acceptors (Lipinski definition) is 3. The van der Waals surface area contributed by atoms with E-state index in [-0.39, 0.29) is 23.8 Å². The van der Waals surface area contributed by atoms with Crippen LogP contribution in [0.4, 0.5) is 0 Å². The number of nitrogens with two attached hydrogens (primary N) is 1. The minimum atomic E-state index is -3.50. The molecular formula is C10H16BrClN2O2S. The zero-order valence-corrected chi connectivity index (χ0v) is 12.8. The van der Waals surface area contributed by atoms with Crippen molar-refractivity contribution in [2.75, 3.05) is 6.54 Å². The molecule has 0 unspecified atom stereocenters. The molecule has 0 radical (unpaired) electrons. The predicted octanol–water partition coefficient (Wildman–Crippen LogP) is 1.89. The van der Waals surface area contributed by atoms with Gasteiger partial charge in [0.1, 0.15) is 0 Å². The van der Waals surface area contributed by atoms with Crippen molar-refractivity contribution in [1.29, 1.82) is 0 Å². The third kappa shape index (κ3) is 4.93. The first-order valence-corrected chi connectivity index (χ1v) is 7.04. The molecule has 0 spiro atoms. The van der Waals surface area contributed by atoms with E-state index in [9.17, 15) is 8.42 Å². The Balaban J connectivity index is 0.00000256. The zero-order chi connectivity index (χ0) is 12.4. The Morgan fingerprint density at radius 2 is 1.76 bits per heavy atom. The van der Waals surface area contributed by atoms with Crippen LogP contribution < -0.4 is 10.5 Å². The fourth-order valence-electron chi connectivity index (χ4n) is 1.08. The Morgan fingerprint density at radius 1 is 1.29 bits per heavy atom. The van der Waals surface area contributed by atoms with Gasteiger partial charge in [-0.2, -0.15) is 0 Å². The van der Waals surface area contributed by atoms with Crippen LogP contribution >= 0.6 is 28.3 Å². The molecule has 0 heterocycles. The van der Waals surface area contributed by atoms with Crippen molar-refractivity contribution in [2.45, 2.75) is 24.3 Å². The second-order valence-corrected chi connectivity index (χ2v) is 6.75. The van der Waals surface area contributed by atoms with E-state index in [1.54, 1.807) is 38.1 Å². The summed E-state index contributed by atoms with van der Waals surface area (Å²) in [6, 6.07) is 6.45. The van der Waals surface area contributed by atoms with Crippen molar-refractivity contribution in [3.8, 4) is 0 Å². The Bertz CT molecular complexity index is 460. The van der Waals surface area contributed by atoms with Crippen LogP contribution in [0.2, 0.25) is 0 Å². The van der Waals surface area contributed by atoms with Crippen molar-refractivity contribution in [1.82, 2.24) is 4.72 Å². The molecule has 1 rings (SSSR count). The van der Waals surface area contributed by atoms with Gasteiger partial charge in [-0.1, -0.05) is 15.9 Å². The van der Waals surface area contributed by atoms with Crippen LogP contribution in [0, 0.1) is 0 Å². The second-order valence-electron chi connectivity index (χ2n) is 4.15. The van der Waals surface area contributed by atoms with Gasteiger partial charge in [-0.25, -0.2) is 13.1 Å².